The van der Waals surface area contributed by atoms with Crippen LogP contribution in [0.25, 0.3) is 11.3 Å². The van der Waals surface area contributed by atoms with Gasteiger partial charge in [0.15, 0.2) is 0 Å². The predicted molar refractivity (Wildman–Crippen MR) is 113 cm³/mol. The largest absolute Gasteiger partial charge is 0.462 e. The van der Waals surface area contributed by atoms with Crippen molar-refractivity contribution in [2.75, 3.05) is 11.9 Å². The Bertz CT molecular complexity index is 1080. The lowest BCUT2D eigenvalue weighted by Crippen LogP contribution is -2.29. The van der Waals surface area contributed by atoms with Gasteiger partial charge in [0.25, 0.3) is 5.56 Å². The van der Waals surface area contributed by atoms with E-state index in [1.54, 1.807) is 37.3 Å². The summed E-state index contributed by atoms with van der Waals surface area (Å²) in [4.78, 5) is 36.1. The van der Waals surface area contributed by atoms with Crippen molar-refractivity contribution in [2.24, 2.45) is 0 Å². The van der Waals surface area contributed by atoms with E-state index in [1.165, 1.54) is 6.07 Å². The minimum Gasteiger partial charge on any atom is -0.462 e. The van der Waals surface area contributed by atoms with Crippen molar-refractivity contribution in [2.45, 2.75) is 13.5 Å². The number of carbonyl (C=O) groups is 2. The molecular formula is C21H18BrN3O4. The third-order valence-electron chi connectivity index (χ3n) is 3.98. The maximum absolute atomic E-state index is 12.3. The molecule has 0 aliphatic carbocycles. The topological polar surface area (TPSA) is 90.3 Å². The van der Waals surface area contributed by atoms with E-state index in [1.807, 2.05) is 24.3 Å². The first-order valence-electron chi connectivity index (χ1n) is 8.87. The van der Waals surface area contributed by atoms with Crippen molar-refractivity contribution in [1.29, 1.82) is 0 Å². The standard InChI is InChI=1S/C21H18BrN3O4/c1-2-29-21(28)15-5-9-17(10-6-15)23-19(26)13-25-20(27)12-11-18(24-25)14-3-7-16(22)8-4-14/h3-12H,2,13H2,1H3,(H,23,26). The zero-order chi connectivity index (χ0) is 20.8. The molecule has 0 saturated carbocycles. The van der Waals surface area contributed by atoms with Crippen molar-refractivity contribution >= 4 is 33.5 Å². The lowest BCUT2D eigenvalue weighted by molar-refractivity contribution is -0.117. The fourth-order valence-electron chi connectivity index (χ4n) is 2.58. The molecule has 0 radical (unpaired) electrons. The van der Waals surface area contributed by atoms with Crippen molar-refractivity contribution in [3.05, 3.63) is 81.1 Å². The molecule has 0 spiro atoms. The van der Waals surface area contributed by atoms with E-state index in [0.29, 0.717) is 23.6 Å². The van der Waals surface area contributed by atoms with Crippen LogP contribution in [0.5, 0.6) is 0 Å². The predicted octanol–water partition coefficient (Wildman–Crippen LogP) is 3.49. The SMILES string of the molecule is CCOC(=O)c1ccc(NC(=O)Cn2nc(-c3ccc(Br)cc3)ccc2=O)cc1. The number of halogens is 1. The van der Waals surface area contributed by atoms with Crippen LogP contribution in [0.2, 0.25) is 0 Å². The van der Waals surface area contributed by atoms with Gasteiger partial charge in [-0.3, -0.25) is 9.59 Å². The van der Waals surface area contributed by atoms with Gasteiger partial charge in [0, 0.05) is 21.8 Å². The number of nitrogens with zero attached hydrogens (tertiary/aromatic N) is 2. The summed E-state index contributed by atoms with van der Waals surface area (Å²) in [6, 6.07) is 16.8. The highest BCUT2D eigenvalue weighted by molar-refractivity contribution is 9.10. The number of amides is 1. The second-order valence-corrected chi connectivity index (χ2v) is 6.98. The van der Waals surface area contributed by atoms with Crippen molar-refractivity contribution in [3.8, 4) is 11.3 Å². The van der Waals surface area contributed by atoms with Crippen LogP contribution in [-0.2, 0) is 16.1 Å². The number of aromatic nitrogens is 2. The molecule has 1 amide bonds. The lowest BCUT2D eigenvalue weighted by Gasteiger charge is -2.09. The highest BCUT2D eigenvalue weighted by Gasteiger charge is 2.10. The lowest BCUT2D eigenvalue weighted by atomic mass is 10.1. The summed E-state index contributed by atoms with van der Waals surface area (Å²) in [5.74, 6) is -0.831. The summed E-state index contributed by atoms with van der Waals surface area (Å²) < 4.78 is 6.96. The molecule has 1 N–H and O–H groups in total. The van der Waals surface area contributed by atoms with Gasteiger partial charge in [0.1, 0.15) is 6.54 Å². The van der Waals surface area contributed by atoms with Gasteiger partial charge in [-0.15, -0.1) is 0 Å². The van der Waals surface area contributed by atoms with Crippen LogP contribution in [0.3, 0.4) is 0 Å². The van der Waals surface area contributed by atoms with E-state index in [-0.39, 0.29) is 12.1 Å². The van der Waals surface area contributed by atoms with Gasteiger partial charge >= 0.3 is 5.97 Å². The van der Waals surface area contributed by atoms with Gasteiger partial charge in [0.2, 0.25) is 5.91 Å². The number of anilines is 1. The maximum atomic E-state index is 12.3. The normalized spacial score (nSPS) is 10.4. The highest BCUT2D eigenvalue weighted by atomic mass is 79.9. The molecule has 3 aromatic rings. The molecule has 3 rings (SSSR count). The number of nitrogens with one attached hydrogen (secondary N) is 1. The number of benzene rings is 2. The molecular weight excluding hydrogens is 438 g/mol. The van der Waals surface area contributed by atoms with E-state index < -0.39 is 11.9 Å². The van der Waals surface area contributed by atoms with Gasteiger partial charge in [-0.2, -0.15) is 5.10 Å². The molecule has 8 heteroatoms. The summed E-state index contributed by atoms with van der Waals surface area (Å²) in [7, 11) is 0. The Labute approximate surface area is 175 Å². The van der Waals surface area contributed by atoms with Gasteiger partial charge in [0.05, 0.1) is 17.9 Å². The smallest absolute Gasteiger partial charge is 0.338 e. The minimum atomic E-state index is -0.425. The molecule has 29 heavy (non-hydrogen) atoms. The number of hydrogen-bond donors (Lipinski definition) is 1. The Morgan fingerprint density at radius 1 is 1.03 bits per heavy atom. The summed E-state index contributed by atoms with van der Waals surface area (Å²) in [6.07, 6.45) is 0. The van der Waals surface area contributed by atoms with E-state index in [9.17, 15) is 14.4 Å². The van der Waals surface area contributed by atoms with Crippen molar-refractivity contribution in [1.82, 2.24) is 9.78 Å². The zero-order valence-electron chi connectivity index (χ0n) is 15.6. The van der Waals surface area contributed by atoms with Crippen LogP contribution in [0.1, 0.15) is 17.3 Å². The van der Waals surface area contributed by atoms with Crippen LogP contribution < -0.4 is 10.9 Å². The van der Waals surface area contributed by atoms with E-state index in [4.69, 9.17) is 4.74 Å². The summed E-state index contributed by atoms with van der Waals surface area (Å²) >= 11 is 3.37. The molecule has 0 saturated heterocycles. The Hall–Kier alpha value is -3.26. The van der Waals surface area contributed by atoms with Gasteiger partial charge in [-0.05, 0) is 49.4 Å². The van der Waals surface area contributed by atoms with Gasteiger partial charge in [-0.1, -0.05) is 28.1 Å². The Kier molecular flexibility index (Phi) is 6.56. The molecule has 0 fully saturated rings. The van der Waals surface area contributed by atoms with Crippen molar-refractivity contribution < 1.29 is 14.3 Å². The van der Waals surface area contributed by atoms with Gasteiger partial charge < -0.3 is 10.1 Å². The quantitative estimate of drug-likeness (QED) is 0.574. The number of carbonyl (C=O) groups excluding carboxylic acids is 2. The average Bonchev–Trinajstić information content (AvgIpc) is 2.71. The van der Waals surface area contributed by atoms with Crippen LogP contribution in [0.15, 0.2) is 69.9 Å². The highest BCUT2D eigenvalue weighted by Crippen LogP contribution is 2.18. The molecule has 1 heterocycles. The number of hydrogen-bond acceptors (Lipinski definition) is 5. The number of ether oxygens (including phenoxy) is 1. The van der Waals surface area contributed by atoms with E-state index in [0.717, 1.165) is 14.7 Å². The number of rotatable bonds is 6. The molecule has 1 aromatic heterocycles. The van der Waals surface area contributed by atoms with E-state index >= 15 is 0 Å². The summed E-state index contributed by atoms with van der Waals surface area (Å²) in [5.41, 5.74) is 1.93. The molecule has 0 atom stereocenters. The molecule has 0 aliphatic heterocycles. The average molecular weight is 456 g/mol. The Balaban J connectivity index is 1.70. The first kappa shape index (κ1) is 20.5. The molecule has 0 aliphatic rings. The van der Waals surface area contributed by atoms with Crippen LogP contribution >= 0.6 is 15.9 Å². The molecule has 0 bridgehead atoms. The third kappa shape index (κ3) is 5.39. The molecule has 2 aromatic carbocycles. The Morgan fingerprint density at radius 3 is 2.38 bits per heavy atom. The van der Waals surface area contributed by atoms with E-state index in [2.05, 4.69) is 26.3 Å². The van der Waals surface area contributed by atoms with Crippen molar-refractivity contribution in [3.63, 3.8) is 0 Å². The fourth-order valence-corrected chi connectivity index (χ4v) is 2.84. The maximum Gasteiger partial charge on any atom is 0.338 e. The van der Waals surface area contributed by atoms with Crippen LogP contribution in [-0.4, -0.2) is 28.3 Å². The summed E-state index contributed by atoms with van der Waals surface area (Å²) in [5, 5.41) is 6.96. The van der Waals surface area contributed by atoms with Crippen LogP contribution in [0.4, 0.5) is 5.69 Å². The third-order valence-corrected chi connectivity index (χ3v) is 4.51. The second kappa shape index (κ2) is 9.29. The Morgan fingerprint density at radius 2 is 1.72 bits per heavy atom. The molecule has 7 nitrogen and oxygen atoms in total. The fraction of sp³-hybridized carbons (Fsp3) is 0.143. The first-order valence-corrected chi connectivity index (χ1v) is 9.66. The zero-order valence-corrected chi connectivity index (χ0v) is 17.2. The number of esters is 1. The second-order valence-electron chi connectivity index (χ2n) is 6.07. The van der Waals surface area contributed by atoms with Crippen LogP contribution in [0, 0.1) is 0 Å². The monoisotopic (exact) mass is 455 g/mol. The molecule has 148 valence electrons. The minimum absolute atomic E-state index is 0.233. The molecule has 0 unspecified atom stereocenters. The summed E-state index contributed by atoms with van der Waals surface area (Å²) in [6.45, 7) is 1.79. The first-order chi connectivity index (χ1) is 14.0. The van der Waals surface area contributed by atoms with Gasteiger partial charge in [-0.25, -0.2) is 9.48 Å².